The first-order valence-corrected chi connectivity index (χ1v) is 2.02. The number of carbonyl (C=O) groups is 2. The standard InChI is InChI=1S/C4H6O4.K.Na.H2O/c5-3(6)1-2-4(7)8;;;/h1-2H2,(H,5,6)(H,7,8);;;1H2/q;2*+1;/p-2. The molecule has 0 aliphatic carbocycles. The fourth-order valence-corrected chi connectivity index (χ4v) is 0.204. The van der Waals surface area contributed by atoms with Crippen LogP contribution in [0.1, 0.15) is 12.8 Å². The second-order valence-electron chi connectivity index (χ2n) is 1.24. The smallest absolute Gasteiger partial charge is 0.550 e. The molecule has 0 aromatic carbocycles. The van der Waals surface area contributed by atoms with E-state index >= 15 is 0 Å². The van der Waals surface area contributed by atoms with Gasteiger partial charge in [0.2, 0.25) is 0 Å². The molecule has 54 valence electrons. The van der Waals surface area contributed by atoms with Crippen LogP contribution < -0.4 is 91.2 Å². The van der Waals surface area contributed by atoms with Gasteiger partial charge in [-0.05, 0) is 12.8 Å². The van der Waals surface area contributed by atoms with Crippen LogP contribution in [0.25, 0.3) is 0 Å². The first-order valence-electron chi connectivity index (χ1n) is 2.02. The molecule has 0 saturated heterocycles. The number of rotatable bonds is 3. The Hall–Kier alpha value is 1.54. The summed E-state index contributed by atoms with van der Waals surface area (Å²) < 4.78 is 0. The Labute approximate surface area is 129 Å². The molecule has 0 amide bonds. The molecule has 0 rings (SSSR count). The molecule has 0 fully saturated rings. The second-order valence-corrected chi connectivity index (χ2v) is 1.24. The molecule has 11 heavy (non-hydrogen) atoms. The first-order chi connectivity index (χ1) is 3.63. The van der Waals surface area contributed by atoms with Crippen LogP contribution >= 0.6 is 0 Å². The van der Waals surface area contributed by atoms with Gasteiger partial charge in [0, 0.05) is 11.9 Å². The van der Waals surface area contributed by atoms with Gasteiger partial charge in [-0.15, -0.1) is 0 Å². The van der Waals surface area contributed by atoms with Gasteiger partial charge >= 0.3 is 80.9 Å². The third-order valence-electron chi connectivity index (χ3n) is 0.533. The summed E-state index contributed by atoms with van der Waals surface area (Å²) >= 11 is 0. The molecule has 0 saturated carbocycles. The van der Waals surface area contributed by atoms with Crippen molar-refractivity contribution >= 4 is 11.9 Å². The van der Waals surface area contributed by atoms with E-state index in [9.17, 15) is 19.8 Å². The Bertz CT molecular complexity index is 103. The van der Waals surface area contributed by atoms with Crippen LogP contribution in [0.3, 0.4) is 0 Å². The van der Waals surface area contributed by atoms with Gasteiger partial charge < -0.3 is 25.3 Å². The van der Waals surface area contributed by atoms with Crippen LogP contribution in [0.5, 0.6) is 0 Å². The maximum atomic E-state index is 9.50. The average Bonchev–Trinajstić information content (AvgIpc) is 1.61. The van der Waals surface area contributed by atoms with Crippen molar-refractivity contribution in [2.24, 2.45) is 0 Å². The third kappa shape index (κ3) is 24.6. The normalized spacial score (nSPS) is 6.18. The summed E-state index contributed by atoms with van der Waals surface area (Å²) in [4.78, 5) is 19.0. The molecule has 0 aromatic heterocycles. The van der Waals surface area contributed by atoms with Crippen molar-refractivity contribution < 1.29 is 106 Å². The summed E-state index contributed by atoms with van der Waals surface area (Å²) in [5, 5.41) is 19.0. The predicted molar refractivity (Wildman–Crippen MR) is 22.9 cm³/mol. The van der Waals surface area contributed by atoms with E-state index in [1.165, 1.54) is 0 Å². The number of hydrogen-bond donors (Lipinski definition) is 0. The Morgan fingerprint density at radius 2 is 1.18 bits per heavy atom. The minimum atomic E-state index is -1.37. The predicted octanol–water partition coefficient (Wildman–Crippen LogP) is -9.55. The molecule has 0 atom stereocenters. The van der Waals surface area contributed by atoms with Crippen LogP contribution in [-0.2, 0) is 9.59 Å². The molecule has 7 heteroatoms. The van der Waals surface area contributed by atoms with Crippen LogP contribution in [-0.4, -0.2) is 17.4 Å². The minimum Gasteiger partial charge on any atom is -0.550 e. The SMILES string of the molecule is O.O=C([O-])CCC(=O)[O-].[K+].[Na+]. The molecule has 0 spiro atoms. The van der Waals surface area contributed by atoms with Gasteiger partial charge in [-0.2, -0.15) is 0 Å². The second kappa shape index (κ2) is 14.1. The molecule has 0 heterocycles. The molecule has 0 bridgehead atoms. The molecule has 2 N–H and O–H groups in total. The van der Waals surface area contributed by atoms with E-state index in [2.05, 4.69) is 0 Å². The number of hydrogen-bond acceptors (Lipinski definition) is 4. The average molecular weight is 196 g/mol. The fourth-order valence-electron chi connectivity index (χ4n) is 0.204. The zero-order valence-corrected chi connectivity index (χ0v) is 11.7. The van der Waals surface area contributed by atoms with E-state index in [1.54, 1.807) is 0 Å². The van der Waals surface area contributed by atoms with Gasteiger partial charge in [-0.3, -0.25) is 0 Å². The van der Waals surface area contributed by atoms with Crippen molar-refractivity contribution in [2.75, 3.05) is 0 Å². The third-order valence-corrected chi connectivity index (χ3v) is 0.533. The Morgan fingerprint density at radius 1 is 1.00 bits per heavy atom. The topological polar surface area (TPSA) is 112 Å². The molecule has 0 aliphatic rings. The van der Waals surface area contributed by atoms with E-state index in [-0.39, 0.29) is 86.4 Å². The molecule has 5 nitrogen and oxygen atoms in total. The number of carboxylic acids is 2. The van der Waals surface area contributed by atoms with Crippen molar-refractivity contribution in [3.05, 3.63) is 0 Å². The number of carboxylic acid groups (broad SMARTS) is 2. The van der Waals surface area contributed by atoms with Gasteiger partial charge in [0.25, 0.3) is 0 Å². The van der Waals surface area contributed by atoms with Crippen molar-refractivity contribution in [3.63, 3.8) is 0 Å². The zero-order valence-electron chi connectivity index (χ0n) is 6.55. The summed E-state index contributed by atoms with van der Waals surface area (Å²) in [6.07, 6.45) is -0.940. The number of aliphatic carboxylic acids is 2. The van der Waals surface area contributed by atoms with Crippen molar-refractivity contribution in [1.82, 2.24) is 0 Å². The van der Waals surface area contributed by atoms with Gasteiger partial charge in [0.05, 0.1) is 0 Å². The van der Waals surface area contributed by atoms with E-state index in [4.69, 9.17) is 0 Å². The first kappa shape index (κ1) is 22.9. The quantitative estimate of drug-likeness (QED) is 0.417. The van der Waals surface area contributed by atoms with E-state index in [1.807, 2.05) is 0 Å². The summed E-state index contributed by atoms with van der Waals surface area (Å²) in [7, 11) is 0. The largest absolute Gasteiger partial charge is 1.00 e. The van der Waals surface area contributed by atoms with E-state index in [0.717, 1.165) is 0 Å². The summed E-state index contributed by atoms with van der Waals surface area (Å²) in [5.41, 5.74) is 0. The molecule has 0 unspecified atom stereocenters. The fraction of sp³-hybridized carbons (Fsp3) is 0.500. The van der Waals surface area contributed by atoms with Crippen LogP contribution in [0.2, 0.25) is 0 Å². The molecular formula is C4H6KNaO5. The summed E-state index contributed by atoms with van der Waals surface area (Å²) in [6.45, 7) is 0. The number of carbonyl (C=O) groups excluding carboxylic acids is 2. The molecule has 0 aromatic rings. The van der Waals surface area contributed by atoms with E-state index < -0.39 is 24.8 Å². The maximum Gasteiger partial charge on any atom is 1.00 e. The summed E-state index contributed by atoms with van der Waals surface area (Å²) in [6, 6.07) is 0. The van der Waals surface area contributed by atoms with E-state index in [0.29, 0.717) is 0 Å². The minimum absolute atomic E-state index is 0. The van der Waals surface area contributed by atoms with Gasteiger partial charge in [-0.1, -0.05) is 0 Å². The summed E-state index contributed by atoms with van der Waals surface area (Å²) in [5.74, 6) is -2.73. The molecule has 0 aliphatic heterocycles. The van der Waals surface area contributed by atoms with Crippen molar-refractivity contribution in [2.45, 2.75) is 12.8 Å². The van der Waals surface area contributed by atoms with Gasteiger partial charge in [0.15, 0.2) is 0 Å². The maximum absolute atomic E-state index is 9.50. The van der Waals surface area contributed by atoms with Crippen LogP contribution in [0.15, 0.2) is 0 Å². The van der Waals surface area contributed by atoms with Gasteiger partial charge in [-0.25, -0.2) is 0 Å². The Balaban J connectivity index is -0.0000000817. The van der Waals surface area contributed by atoms with Gasteiger partial charge in [0.1, 0.15) is 0 Å². The zero-order chi connectivity index (χ0) is 6.57. The molecule has 0 radical (unpaired) electrons. The Kier molecular flexibility index (Phi) is 29.3. The monoisotopic (exact) mass is 196 g/mol. The van der Waals surface area contributed by atoms with Crippen LogP contribution in [0, 0.1) is 0 Å². The Morgan fingerprint density at radius 3 is 1.27 bits per heavy atom. The van der Waals surface area contributed by atoms with Crippen LogP contribution in [0.4, 0.5) is 0 Å². The molecular weight excluding hydrogens is 190 g/mol. The van der Waals surface area contributed by atoms with Crippen molar-refractivity contribution in [1.29, 1.82) is 0 Å². The van der Waals surface area contributed by atoms with Crippen molar-refractivity contribution in [3.8, 4) is 0 Å².